The average molecular weight is 216 g/mol. The summed E-state index contributed by atoms with van der Waals surface area (Å²) in [5.74, 6) is 0.482. The first-order valence-electron chi connectivity index (χ1n) is 5.66. The molecule has 4 heteroatoms. The fourth-order valence-corrected chi connectivity index (χ4v) is 1.99. The van der Waals surface area contributed by atoms with Crippen LogP contribution >= 0.6 is 0 Å². The molecule has 15 heavy (non-hydrogen) atoms. The molecule has 0 bridgehead atoms. The summed E-state index contributed by atoms with van der Waals surface area (Å²) >= 11 is 0. The first-order valence-corrected chi connectivity index (χ1v) is 5.66. The zero-order valence-corrected chi connectivity index (χ0v) is 9.55. The number of hydrogen-bond acceptors (Lipinski definition) is 4. The van der Waals surface area contributed by atoms with E-state index >= 15 is 0 Å². The van der Waals surface area contributed by atoms with Gasteiger partial charge in [-0.05, 0) is 12.8 Å². The average Bonchev–Trinajstić information content (AvgIpc) is 2.71. The second-order valence-corrected chi connectivity index (χ2v) is 4.79. The molecule has 88 valence electrons. The summed E-state index contributed by atoms with van der Waals surface area (Å²) in [5, 5.41) is 9.55. The molecule has 2 heterocycles. The van der Waals surface area contributed by atoms with Crippen molar-refractivity contribution in [2.75, 3.05) is 13.2 Å². The normalized spacial score (nSPS) is 42.2. The van der Waals surface area contributed by atoms with Crippen molar-refractivity contribution in [2.24, 2.45) is 5.92 Å². The lowest BCUT2D eigenvalue weighted by Crippen LogP contribution is -2.35. The second-order valence-electron chi connectivity index (χ2n) is 4.79. The highest BCUT2D eigenvalue weighted by molar-refractivity contribution is 4.95. The molecule has 2 aliphatic rings. The zero-order chi connectivity index (χ0) is 11.0. The second kappa shape index (κ2) is 4.37. The Bertz CT molecular complexity index is 219. The number of hydrogen-bond donors (Lipinski definition) is 1. The van der Waals surface area contributed by atoms with E-state index in [0.29, 0.717) is 19.1 Å². The fraction of sp³-hybridized carbons (Fsp3) is 1.00. The van der Waals surface area contributed by atoms with Crippen LogP contribution in [-0.2, 0) is 14.2 Å². The molecule has 0 aliphatic carbocycles. The molecule has 0 amide bonds. The van der Waals surface area contributed by atoms with E-state index in [4.69, 9.17) is 14.2 Å². The predicted molar refractivity (Wildman–Crippen MR) is 54.7 cm³/mol. The maximum atomic E-state index is 9.55. The predicted octanol–water partition coefficient (Wildman–Crippen LogP) is 0.575. The highest BCUT2D eigenvalue weighted by Gasteiger charge is 2.48. The summed E-state index contributed by atoms with van der Waals surface area (Å²) < 4.78 is 16.8. The summed E-state index contributed by atoms with van der Waals surface area (Å²) in [6.45, 7) is 7.21. The SMILES string of the molecule is CC(C)C(C)OC1COC2C(O)COC12. The van der Waals surface area contributed by atoms with Crippen molar-refractivity contribution >= 4 is 0 Å². The van der Waals surface area contributed by atoms with Crippen molar-refractivity contribution in [3.05, 3.63) is 0 Å². The van der Waals surface area contributed by atoms with Gasteiger partial charge in [0.25, 0.3) is 0 Å². The van der Waals surface area contributed by atoms with Crippen LogP contribution in [-0.4, -0.2) is 48.8 Å². The van der Waals surface area contributed by atoms with Crippen LogP contribution in [0.2, 0.25) is 0 Å². The van der Waals surface area contributed by atoms with Crippen molar-refractivity contribution in [1.29, 1.82) is 0 Å². The molecule has 0 spiro atoms. The molecule has 0 aromatic rings. The van der Waals surface area contributed by atoms with Crippen LogP contribution in [0.5, 0.6) is 0 Å². The lowest BCUT2D eigenvalue weighted by molar-refractivity contribution is -0.0793. The summed E-state index contributed by atoms with van der Waals surface area (Å²) in [6.07, 6.45) is -0.586. The molecule has 2 saturated heterocycles. The van der Waals surface area contributed by atoms with Crippen LogP contribution in [0.1, 0.15) is 20.8 Å². The molecule has 2 rings (SSSR count). The Morgan fingerprint density at radius 2 is 1.80 bits per heavy atom. The van der Waals surface area contributed by atoms with Crippen LogP contribution in [0, 0.1) is 5.92 Å². The molecule has 2 aliphatic heterocycles. The smallest absolute Gasteiger partial charge is 0.115 e. The van der Waals surface area contributed by atoms with Crippen LogP contribution in [0.25, 0.3) is 0 Å². The Labute approximate surface area is 90.5 Å². The van der Waals surface area contributed by atoms with E-state index in [1.807, 2.05) is 0 Å². The third kappa shape index (κ3) is 2.18. The van der Waals surface area contributed by atoms with Gasteiger partial charge in [-0.1, -0.05) is 13.8 Å². The Kier molecular flexibility index (Phi) is 3.30. The van der Waals surface area contributed by atoms with Gasteiger partial charge in [-0.25, -0.2) is 0 Å². The molecule has 4 nitrogen and oxygen atoms in total. The van der Waals surface area contributed by atoms with E-state index in [9.17, 15) is 5.11 Å². The van der Waals surface area contributed by atoms with Gasteiger partial charge in [0.2, 0.25) is 0 Å². The third-order valence-corrected chi connectivity index (χ3v) is 3.31. The molecule has 1 N–H and O–H groups in total. The lowest BCUT2D eigenvalue weighted by Gasteiger charge is -2.23. The Balaban J connectivity index is 1.90. The minimum atomic E-state index is -0.488. The number of aliphatic hydroxyl groups is 1. The summed E-state index contributed by atoms with van der Waals surface area (Å²) in [7, 11) is 0. The van der Waals surface area contributed by atoms with Crippen molar-refractivity contribution < 1.29 is 19.3 Å². The first-order chi connectivity index (χ1) is 7.09. The highest BCUT2D eigenvalue weighted by Crippen LogP contribution is 2.29. The summed E-state index contributed by atoms with van der Waals surface area (Å²) in [6, 6.07) is 0. The van der Waals surface area contributed by atoms with Crippen LogP contribution in [0.15, 0.2) is 0 Å². The van der Waals surface area contributed by atoms with Gasteiger partial charge in [0, 0.05) is 0 Å². The van der Waals surface area contributed by atoms with Gasteiger partial charge >= 0.3 is 0 Å². The van der Waals surface area contributed by atoms with E-state index in [2.05, 4.69) is 20.8 Å². The minimum absolute atomic E-state index is 0.0236. The number of fused-ring (bicyclic) bond motifs is 1. The maximum Gasteiger partial charge on any atom is 0.115 e. The molecule has 5 atom stereocenters. The van der Waals surface area contributed by atoms with Gasteiger partial charge < -0.3 is 19.3 Å². The summed E-state index contributed by atoms with van der Waals surface area (Å²) in [4.78, 5) is 0. The molecular weight excluding hydrogens is 196 g/mol. The van der Waals surface area contributed by atoms with Gasteiger partial charge in [0.1, 0.15) is 24.4 Å². The first kappa shape index (κ1) is 11.3. The van der Waals surface area contributed by atoms with Crippen molar-refractivity contribution in [2.45, 2.75) is 51.3 Å². The molecule has 0 aromatic heterocycles. The minimum Gasteiger partial charge on any atom is -0.388 e. The third-order valence-electron chi connectivity index (χ3n) is 3.31. The quantitative estimate of drug-likeness (QED) is 0.749. The number of rotatable bonds is 3. The van der Waals surface area contributed by atoms with Gasteiger partial charge in [-0.2, -0.15) is 0 Å². The zero-order valence-electron chi connectivity index (χ0n) is 9.55. The number of aliphatic hydroxyl groups excluding tert-OH is 1. The Morgan fingerprint density at radius 3 is 2.47 bits per heavy atom. The monoisotopic (exact) mass is 216 g/mol. The standard InChI is InChI=1S/C11H20O4/c1-6(2)7(3)15-9-5-14-10-8(12)4-13-11(9)10/h6-12H,4-5H2,1-3H3. The highest BCUT2D eigenvalue weighted by atomic mass is 16.6. The lowest BCUT2D eigenvalue weighted by atomic mass is 10.1. The van der Waals surface area contributed by atoms with Gasteiger partial charge in [0.05, 0.1) is 19.3 Å². The fourth-order valence-electron chi connectivity index (χ4n) is 1.99. The van der Waals surface area contributed by atoms with E-state index in [1.54, 1.807) is 0 Å². The van der Waals surface area contributed by atoms with Crippen LogP contribution in [0.3, 0.4) is 0 Å². The van der Waals surface area contributed by atoms with Crippen molar-refractivity contribution in [3.63, 3.8) is 0 Å². The van der Waals surface area contributed by atoms with E-state index in [1.165, 1.54) is 0 Å². The maximum absolute atomic E-state index is 9.55. The topological polar surface area (TPSA) is 47.9 Å². The Hall–Kier alpha value is -0.160. The number of ether oxygens (including phenoxy) is 3. The molecule has 0 radical (unpaired) electrons. The van der Waals surface area contributed by atoms with Crippen LogP contribution in [0.4, 0.5) is 0 Å². The van der Waals surface area contributed by atoms with E-state index in [-0.39, 0.29) is 24.4 Å². The van der Waals surface area contributed by atoms with Gasteiger partial charge in [-0.15, -0.1) is 0 Å². The molecule has 5 unspecified atom stereocenters. The van der Waals surface area contributed by atoms with Gasteiger partial charge in [-0.3, -0.25) is 0 Å². The molecule has 0 aromatic carbocycles. The molecule has 0 saturated carbocycles. The van der Waals surface area contributed by atoms with Crippen molar-refractivity contribution in [1.82, 2.24) is 0 Å². The summed E-state index contributed by atoms with van der Waals surface area (Å²) in [5.41, 5.74) is 0. The van der Waals surface area contributed by atoms with E-state index in [0.717, 1.165) is 0 Å². The largest absolute Gasteiger partial charge is 0.388 e. The Morgan fingerprint density at radius 1 is 1.13 bits per heavy atom. The molecule has 2 fully saturated rings. The van der Waals surface area contributed by atoms with Crippen molar-refractivity contribution in [3.8, 4) is 0 Å². The molecular formula is C11H20O4. The van der Waals surface area contributed by atoms with Crippen LogP contribution < -0.4 is 0 Å². The van der Waals surface area contributed by atoms with Gasteiger partial charge in [0.15, 0.2) is 0 Å². The van der Waals surface area contributed by atoms with E-state index < -0.39 is 6.10 Å².